The van der Waals surface area contributed by atoms with Crippen molar-refractivity contribution in [1.29, 1.82) is 0 Å². The molecule has 0 aromatic heterocycles. The third kappa shape index (κ3) is 6.94. The van der Waals surface area contributed by atoms with E-state index in [4.69, 9.17) is 0 Å². The van der Waals surface area contributed by atoms with E-state index < -0.39 is 0 Å². The molecule has 0 bridgehead atoms. The molecule has 0 rings (SSSR count). The van der Waals surface area contributed by atoms with Gasteiger partial charge in [0, 0.05) is 20.6 Å². The Balaban J connectivity index is 4.20. The summed E-state index contributed by atoms with van der Waals surface area (Å²) in [5, 5.41) is 3.06. The van der Waals surface area contributed by atoms with Crippen LogP contribution in [0.3, 0.4) is 0 Å². The Hall–Kier alpha value is -1.10. The Morgan fingerprint density at radius 2 is 1.71 bits per heavy atom. The summed E-state index contributed by atoms with van der Waals surface area (Å²) in [5.74, 6) is -0.0437. The van der Waals surface area contributed by atoms with E-state index >= 15 is 0 Å². The predicted octanol–water partition coefficient (Wildman–Crippen LogP) is 0.313. The molecule has 2 amide bonds. The maximum atomic E-state index is 11.9. The lowest BCUT2D eigenvalue weighted by atomic mass is 10.3. The monoisotopic (exact) mass is 243 g/mol. The summed E-state index contributed by atoms with van der Waals surface area (Å²) in [4.78, 5) is 26.6. The molecular formula is C12H25N3O2. The average Bonchev–Trinajstić information content (AvgIpc) is 2.28. The van der Waals surface area contributed by atoms with Crippen molar-refractivity contribution >= 4 is 11.8 Å². The lowest BCUT2D eigenvalue weighted by Gasteiger charge is -2.23. The lowest BCUT2D eigenvalue weighted by Crippen LogP contribution is -2.44. The summed E-state index contributed by atoms with van der Waals surface area (Å²) < 4.78 is 0. The number of hydrogen-bond donors (Lipinski definition) is 1. The molecule has 0 aliphatic heterocycles. The Labute approximate surface area is 104 Å². The van der Waals surface area contributed by atoms with Gasteiger partial charge in [-0.05, 0) is 19.4 Å². The standard InChI is InChI=1S/C12H25N3O2/c1-5-7-13-9-11(16)15(8-6-2)10-12(17)14(3)4/h13H,5-10H2,1-4H3. The van der Waals surface area contributed by atoms with E-state index in [9.17, 15) is 9.59 Å². The largest absolute Gasteiger partial charge is 0.347 e. The Morgan fingerprint density at radius 3 is 2.18 bits per heavy atom. The van der Waals surface area contributed by atoms with E-state index in [-0.39, 0.29) is 18.4 Å². The average molecular weight is 243 g/mol. The molecule has 17 heavy (non-hydrogen) atoms. The molecule has 0 aromatic carbocycles. The van der Waals surface area contributed by atoms with Gasteiger partial charge in [0.25, 0.3) is 0 Å². The first-order valence-corrected chi connectivity index (χ1v) is 6.21. The molecule has 0 heterocycles. The van der Waals surface area contributed by atoms with Crippen LogP contribution in [0.1, 0.15) is 26.7 Å². The Bertz CT molecular complexity index is 242. The normalized spacial score (nSPS) is 10.1. The van der Waals surface area contributed by atoms with Crippen LogP contribution < -0.4 is 5.32 Å². The number of rotatable bonds is 8. The molecule has 1 N–H and O–H groups in total. The van der Waals surface area contributed by atoms with Gasteiger partial charge in [-0.2, -0.15) is 0 Å². The van der Waals surface area contributed by atoms with E-state index in [0.29, 0.717) is 13.1 Å². The highest BCUT2D eigenvalue weighted by Crippen LogP contribution is 1.94. The van der Waals surface area contributed by atoms with Crippen LogP contribution >= 0.6 is 0 Å². The minimum Gasteiger partial charge on any atom is -0.347 e. The number of amides is 2. The molecule has 0 saturated carbocycles. The first-order chi connectivity index (χ1) is 8.02. The highest BCUT2D eigenvalue weighted by Gasteiger charge is 2.16. The van der Waals surface area contributed by atoms with E-state index in [2.05, 4.69) is 12.2 Å². The van der Waals surface area contributed by atoms with Crippen LogP contribution in [0.25, 0.3) is 0 Å². The molecule has 0 radical (unpaired) electrons. The fourth-order valence-corrected chi connectivity index (χ4v) is 1.35. The molecule has 0 unspecified atom stereocenters. The second kappa shape index (κ2) is 8.98. The molecular weight excluding hydrogens is 218 g/mol. The van der Waals surface area contributed by atoms with E-state index in [1.165, 1.54) is 4.90 Å². The van der Waals surface area contributed by atoms with Crippen molar-refractivity contribution in [3.63, 3.8) is 0 Å². The van der Waals surface area contributed by atoms with Gasteiger partial charge in [0.1, 0.15) is 0 Å². The van der Waals surface area contributed by atoms with Crippen LogP contribution in [-0.2, 0) is 9.59 Å². The van der Waals surface area contributed by atoms with Crippen molar-refractivity contribution in [3.8, 4) is 0 Å². The van der Waals surface area contributed by atoms with Gasteiger partial charge in [-0.15, -0.1) is 0 Å². The maximum Gasteiger partial charge on any atom is 0.241 e. The van der Waals surface area contributed by atoms with Crippen LogP contribution in [0.5, 0.6) is 0 Å². The molecule has 0 fully saturated rings. The van der Waals surface area contributed by atoms with Crippen LogP contribution in [0.15, 0.2) is 0 Å². The molecule has 0 aliphatic carbocycles. The topological polar surface area (TPSA) is 52.7 Å². The third-order valence-corrected chi connectivity index (χ3v) is 2.37. The number of carbonyl (C=O) groups is 2. The molecule has 0 saturated heterocycles. The molecule has 0 spiro atoms. The predicted molar refractivity (Wildman–Crippen MR) is 68.7 cm³/mol. The fraction of sp³-hybridized carbons (Fsp3) is 0.833. The smallest absolute Gasteiger partial charge is 0.241 e. The van der Waals surface area contributed by atoms with Gasteiger partial charge in [0.2, 0.25) is 11.8 Å². The molecule has 0 atom stereocenters. The van der Waals surface area contributed by atoms with Crippen molar-refractivity contribution in [2.24, 2.45) is 0 Å². The Morgan fingerprint density at radius 1 is 1.06 bits per heavy atom. The van der Waals surface area contributed by atoms with Gasteiger partial charge in [0.15, 0.2) is 0 Å². The number of likely N-dealkylation sites (N-methyl/N-ethyl adjacent to an activating group) is 1. The SMILES string of the molecule is CCCNCC(=O)N(CCC)CC(=O)N(C)C. The third-order valence-electron chi connectivity index (χ3n) is 2.37. The van der Waals surface area contributed by atoms with Crippen molar-refractivity contribution in [2.75, 3.05) is 40.3 Å². The maximum absolute atomic E-state index is 11.9. The van der Waals surface area contributed by atoms with Gasteiger partial charge in [-0.3, -0.25) is 9.59 Å². The zero-order valence-corrected chi connectivity index (χ0v) is 11.5. The molecule has 5 nitrogen and oxygen atoms in total. The minimum atomic E-state index is -0.0395. The molecule has 5 heteroatoms. The summed E-state index contributed by atoms with van der Waals surface area (Å²) in [6.07, 6.45) is 1.86. The number of carbonyl (C=O) groups excluding carboxylic acids is 2. The van der Waals surface area contributed by atoms with E-state index in [0.717, 1.165) is 19.4 Å². The summed E-state index contributed by atoms with van der Waals surface area (Å²) in [7, 11) is 3.40. The van der Waals surface area contributed by atoms with Crippen LogP contribution in [-0.4, -0.2) is 61.9 Å². The van der Waals surface area contributed by atoms with Gasteiger partial charge >= 0.3 is 0 Å². The van der Waals surface area contributed by atoms with Crippen molar-refractivity contribution < 1.29 is 9.59 Å². The fourth-order valence-electron chi connectivity index (χ4n) is 1.35. The zero-order valence-electron chi connectivity index (χ0n) is 11.5. The number of hydrogen-bond acceptors (Lipinski definition) is 3. The second-order valence-electron chi connectivity index (χ2n) is 4.28. The summed E-state index contributed by atoms with van der Waals surface area (Å²) in [6.45, 7) is 6.00. The quantitative estimate of drug-likeness (QED) is 0.624. The van der Waals surface area contributed by atoms with Crippen LogP contribution in [0.2, 0.25) is 0 Å². The van der Waals surface area contributed by atoms with E-state index in [1.807, 2.05) is 6.92 Å². The van der Waals surface area contributed by atoms with Gasteiger partial charge in [-0.25, -0.2) is 0 Å². The minimum absolute atomic E-state index is 0.00417. The van der Waals surface area contributed by atoms with Crippen molar-refractivity contribution in [3.05, 3.63) is 0 Å². The van der Waals surface area contributed by atoms with Gasteiger partial charge < -0.3 is 15.1 Å². The lowest BCUT2D eigenvalue weighted by molar-refractivity contribution is -0.138. The summed E-state index contributed by atoms with van der Waals surface area (Å²) >= 11 is 0. The van der Waals surface area contributed by atoms with Crippen molar-refractivity contribution in [1.82, 2.24) is 15.1 Å². The first kappa shape index (κ1) is 15.9. The Kier molecular flexibility index (Phi) is 8.40. The summed E-state index contributed by atoms with van der Waals surface area (Å²) in [6, 6.07) is 0. The van der Waals surface area contributed by atoms with Crippen molar-refractivity contribution in [2.45, 2.75) is 26.7 Å². The number of nitrogens with one attached hydrogen (secondary N) is 1. The second-order valence-corrected chi connectivity index (χ2v) is 4.28. The van der Waals surface area contributed by atoms with Gasteiger partial charge in [0.05, 0.1) is 13.1 Å². The summed E-state index contributed by atoms with van der Waals surface area (Å²) in [5.41, 5.74) is 0. The van der Waals surface area contributed by atoms with Gasteiger partial charge in [-0.1, -0.05) is 13.8 Å². The highest BCUT2D eigenvalue weighted by atomic mass is 16.2. The first-order valence-electron chi connectivity index (χ1n) is 6.21. The molecule has 0 aromatic rings. The number of nitrogens with zero attached hydrogens (tertiary/aromatic N) is 2. The van der Waals surface area contributed by atoms with Crippen LogP contribution in [0.4, 0.5) is 0 Å². The van der Waals surface area contributed by atoms with Crippen LogP contribution in [0, 0.1) is 0 Å². The molecule has 100 valence electrons. The highest BCUT2D eigenvalue weighted by molar-refractivity contribution is 5.85. The molecule has 0 aliphatic rings. The zero-order chi connectivity index (χ0) is 13.3. The van der Waals surface area contributed by atoms with E-state index in [1.54, 1.807) is 19.0 Å².